The van der Waals surface area contributed by atoms with Crippen molar-refractivity contribution in [2.45, 2.75) is 33.1 Å². The molecule has 5 heteroatoms. The number of benzene rings is 2. The van der Waals surface area contributed by atoms with E-state index in [-0.39, 0.29) is 12.0 Å². The minimum Gasteiger partial charge on any atom is -0.497 e. The Balaban J connectivity index is 2.29. The third-order valence-corrected chi connectivity index (χ3v) is 5.31. The molecule has 0 spiro atoms. The first-order valence-corrected chi connectivity index (χ1v) is 10.6. The number of hydrogen-bond donors (Lipinski definition) is 0. The molecule has 0 fully saturated rings. The predicted octanol–water partition coefficient (Wildman–Crippen LogP) is 4.16. The number of ether oxygens (including phenoxy) is 1. The lowest BCUT2D eigenvalue weighted by Crippen LogP contribution is -2.32. The molecule has 0 heterocycles. The second-order valence-corrected chi connectivity index (χ2v) is 8.65. The lowest BCUT2D eigenvalue weighted by Gasteiger charge is -2.32. The maximum Gasteiger partial charge on any atom is 0.264 e. The van der Waals surface area contributed by atoms with Crippen molar-refractivity contribution in [3.8, 4) is 5.75 Å². The van der Waals surface area contributed by atoms with Crippen molar-refractivity contribution in [2.24, 2.45) is 5.41 Å². The second kappa shape index (κ2) is 8.69. The Morgan fingerprint density at radius 1 is 0.923 bits per heavy atom. The van der Waals surface area contributed by atoms with Crippen LogP contribution in [0.3, 0.4) is 0 Å². The first-order valence-electron chi connectivity index (χ1n) is 8.78. The van der Waals surface area contributed by atoms with Crippen LogP contribution in [0.4, 0.5) is 0 Å². The van der Waals surface area contributed by atoms with Crippen LogP contribution in [-0.4, -0.2) is 28.4 Å². The Hall–Kier alpha value is -1.85. The Morgan fingerprint density at radius 3 is 1.85 bits per heavy atom. The van der Waals surface area contributed by atoms with Crippen molar-refractivity contribution < 1.29 is 17.3 Å². The van der Waals surface area contributed by atoms with Crippen molar-refractivity contribution in [1.29, 1.82) is 0 Å². The van der Waals surface area contributed by atoms with E-state index in [1.165, 1.54) is 11.1 Å². The summed E-state index contributed by atoms with van der Waals surface area (Å²) in [5.41, 5.74) is 3.23. The summed E-state index contributed by atoms with van der Waals surface area (Å²) in [6, 6.07) is 16.3. The van der Waals surface area contributed by atoms with Gasteiger partial charge in [-0.25, -0.2) is 0 Å². The molecule has 1 atom stereocenters. The van der Waals surface area contributed by atoms with Crippen LogP contribution in [0.15, 0.2) is 48.5 Å². The lowest BCUT2D eigenvalue weighted by molar-refractivity contribution is 0.142. The third-order valence-electron chi connectivity index (χ3n) is 4.77. The zero-order valence-corrected chi connectivity index (χ0v) is 16.8. The predicted molar refractivity (Wildman–Crippen MR) is 105 cm³/mol. The Kier molecular flexibility index (Phi) is 6.84. The molecule has 2 rings (SSSR count). The molecule has 0 N–H and O–H groups in total. The largest absolute Gasteiger partial charge is 0.497 e. The molecule has 0 saturated heterocycles. The normalized spacial score (nSPS) is 14.0. The molecule has 0 amide bonds. The molecule has 142 valence electrons. The number of hydrogen-bond acceptors (Lipinski definition) is 4. The summed E-state index contributed by atoms with van der Waals surface area (Å²) in [6.07, 6.45) is 3.40. The van der Waals surface area contributed by atoms with Gasteiger partial charge in [0.25, 0.3) is 10.1 Å². The molecule has 0 bridgehead atoms. The monoisotopic (exact) mass is 376 g/mol. The summed E-state index contributed by atoms with van der Waals surface area (Å²) in [7, 11) is -1.85. The summed E-state index contributed by atoms with van der Waals surface area (Å²) in [4.78, 5) is 0. The molecule has 2 aromatic carbocycles. The molecule has 0 aliphatic carbocycles. The van der Waals surface area contributed by atoms with E-state index in [4.69, 9.17) is 8.92 Å². The van der Waals surface area contributed by atoms with Gasteiger partial charge in [-0.05, 0) is 49.4 Å². The second-order valence-electron chi connectivity index (χ2n) is 7.01. The van der Waals surface area contributed by atoms with Crippen molar-refractivity contribution >= 4 is 10.1 Å². The first-order chi connectivity index (χ1) is 12.3. The van der Waals surface area contributed by atoms with Gasteiger partial charge in [0.15, 0.2) is 0 Å². The maximum atomic E-state index is 11.6. The van der Waals surface area contributed by atoms with Crippen molar-refractivity contribution in [3.05, 3.63) is 65.2 Å². The zero-order chi connectivity index (χ0) is 19.2. The van der Waals surface area contributed by atoms with Crippen LogP contribution in [0.2, 0.25) is 0 Å². The van der Waals surface area contributed by atoms with Crippen molar-refractivity contribution in [1.82, 2.24) is 0 Å². The van der Waals surface area contributed by atoms with Crippen LogP contribution in [0, 0.1) is 12.3 Å². The van der Waals surface area contributed by atoms with Crippen molar-refractivity contribution in [2.75, 3.05) is 20.0 Å². The topological polar surface area (TPSA) is 52.6 Å². The van der Waals surface area contributed by atoms with Gasteiger partial charge in [-0.2, -0.15) is 8.42 Å². The molecule has 26 heavy (non-hydrogen) atoms. The van der Waals surface area contributed by atoms with Gasteiger partial charge in [-0.3, -0.25) is 4.18 Å². The SMILES string of the molecule is CCC(COS(C)(=O)=O)(Cc1ccc(C)cc1)Cc1ccc(OC)cc1. The number of rotatable bonds is 9. The number of aryl methyl sites for hydroxylation is 1. The van der Waals surface area contributed by atoms with Gasteiger partial charge in [0.05, 0.1) is 20.0 Å². The molecular weight excluding hydrogens is 348 g/mol. The quantitative estimate of drug-likeness (QED) is 0.617. The number of methoxy groups -OCH3 is 1. The summed E-state index contributed by atoms with van der Waals surface area (Å²) >= 11 is 0. The highest BCUT2D eigenvalue weighted by Gasteiger charge is 2.31. The molecule has 0 aromatic heterocycles. The molecule has 0 saturated carbocycles. The van der Waals surface area contributed by atoms with E-state index in [0.29, 0.717) is 0 Å². The van der Waals surface area contributed by atoms with Crippen LogP contribution in [0.1, 0.15) is 30.0 Å². The molecular formula is C21H28O4S. The van der Waals surface area contributed by atoms with E-state index >= 15 is 0 Å². The average molecular weight is 377 g/mol. The van der Waals surface area contributed by atoms with Crippen LogP contribution in [0.5, 0.6) is 5.75 Å². The van der Waals surface area contributed by atoms with E-state index < -0.39 is 10.1 Å². The van der Waals surface area contributed by atoms with E-state index in [0.717, 1.165) is 36.8 Å². The minimum absolute atomic E-state index is 0.169. The van der Waals surface area contributed by atoms with Gasteiger partial charge in [0.1, 0.15) is 5.75 Å². The fourth-order valence-electron chi connectivity index (χ4n) is 3.06. The van der Waals surface area contributed by atoms with E-state index in [9.17, 15) is 8.42 Å². The molecule has 0 aliphatic rings. The smallest absolute Gasteiger partial charge is 0.264 e. The first kappa shape index (κ1) is 20.5. The van der Waals surface area contributed by atoms with Gasteiger partial charge in [-0.15, -0.1) is 0 Å². The standard InChI is InChI=1S/C21H28O4S/c1-5-21(16-25-26(4,22)23,14-18-8-6-17(2)7-9-18)15-19-10-12-20(24-3)13-11-19/h6-13H,5,14-16H2,1-4H3. The summed E-state index contributed by atoms with van der Waals surface area (Å²) in [6.45, 7) is 4.31. The Labute approximate surface area is 157 Å². The third kappa shape index (κ3) is 6.15. The van der Waals surface area contributed by atoms with E-state index in [1.54, 1.807) is 7.11 Å². The highest BCUT2D eigenvalue weighted by molar-refractivity contribution is 7.85. The van der Waals surface area contributed by atoms with Crippen LogP contribution < -0.4 is 4.74 Å². The van der Waals surface area contributed by atoms with Gasteiger partial charge < -0.3 is 4.74 Å². The molecule has 0 radical (unpaired) electrons. The lowest BCUT2D eigenvalue weighted by atomic mass is 9.75. The van der Waals surface area contributed by atoms with Gasteiger partial charge >= 0.3 is 0 Å². The maximum absolute atomic E-state index is 11.6. The highest BCUT2D eigenvalue weighted by atomic mass is 32.2. The summed E-state index contributed by atoms with van der Waals surface area (Å²) in [5, 5.41) is 0. The molecule has 1 unspecified atom stereocenters. The fraction of sp³-hybridized carbons (Fsp3) is 0.429. The summed E-state index contributed by atoms with van der Waals surface area (Å²) < 4.78 is 33.6. The van der Waals surface area contributed by atoms with Crippen molar-refractivity contribution in [3.63, 3.8) is 0 Å². The van der Waals surface area contributed by atoms with Gasteiger partial charge in [-0.1, -0.05) is 48.9 Å². The van der Waals surface area contributed by atoms with Crippen LogP contribution >= 0.6 is 0 Å². The van der Waals surface area contributed by atoms with E-state index in [1.807, 2.05) is 24.3 Å². The molecule has 2 aromatic rings. The Morgan fingerprint density at radius 2 is 1.42 bits per heavy atom. The Bertz CT molecular complexity index is 795. The van der Waals surface area contributed by atoms with Crippen LogP contribution in [-0.2, 0) is 27.1 Å². The van der Waals surface area contributed by atoms with E-state index in [2.05, 4.69) is 38.1 Å². The fourth-order valence-corrected chi connectivity index (χ4v) is 3.53. The van der Waals surface area contributed by atoms with Gasteiger partial charge in [0, 0.05) is 5.41 Å². The summed E-state index contributed by atoms with van der Waals surface area (Å²) in [5.74, 6) is 0.807. The highest BCUT2D eigenvalue weighted by Crippen LogP contribution is 2.33. The molecule has 0 aliphatic heterocycles. The molecule has 4 nitrogen and oxygen atoms in total. The van der Waals surface area contributed by atoms with Gasteiger partial charge in [0.2, 0.25) is 0 Å². The average Bonchev–Trinajstić information content (AvgIpc) is 2.62. The minimum atomic E-state index is -3.49. The van der Waals surface area contributed by atoms with Crippen LogP contribution in [0.25, 0.3) is 0 Å². The zero-order valence-electron chi connectivity index (χ0n) is 16.0.